The van der Waals surface area contributed by atoms with E-state index in [4.69, 9.17) is 10.5 Å². The second-order valence-electron chi connectivity index (χ2n) is 3.97. The molecule has 0 aliphatic rings. The summed E-state index contributed by atoms with van der Waals surface area (Å²) in [7, 11) is 0. The van der Waals surface area contributed by atoms with Gasteiger partial charge in [-0.25, -0.2) is 8.78 Å². The van der Waals surface area contributed by atoms with E-state index in [0.29, 0.717) is 28.8 Å². The van der Waals surface area contributed by atoms with Crippen LogP contribution in [0.25, 0.3) is 0 Å². The Hall–Kier alpha value is -1.46. The van der Waals surface area contributed by atoms with Gasteiger partial charge in [-0.3, -0.25) is 0 Å². The summed E-state index contributed by atoms with van der Waals surface area (Å²) < 4.78 is 33.0. The van der Waals surface area contributed by atoms with Crippen LogP contribution >= 0.6 is 15.9 Å². The smallest absolute Gasteiger partial charge is 0.166 e. The zero-order valence-electron chi connectivity index (χ0n) is 10.00. The van der Waals surface area contributed by atoms with Crippen molar-refractivity contribution in [3.63, 3.8) is 0 Å². The molecule has 0 bridgehead atoms. The van der Waals surface area contributed by atoms with Crippen molar-refractivity contribution in [2.24, 2.45) is 5.73 Å². The number of benzene rings is 2. The molecule has 2 aromatic carbocycles. The summed E-state index contributed by atoms with van der Waals surface area (Å²) in [6, 6.07) is 8.58. The first-order valence-corrected chi connectivity index (χ1v) is 6.51. The Balaban J connectivity index is 2.32. The maximum atomic E-state index is 13.7. The monoisotopic (exact) mass is 327 g/mol. The predicted octanol–water partition coefficient (Wildman–Crippen LogP) is 4.02. The molecular formula is C14H12BrF2NO. The summed E-state index contributed by atoms with van der Waals surface area (Å²) in [5, 5.41) is 0. The molecule has 2 rings (SSSR count). The number of halogens is 3. The van der Waals surface area contributed by atoms with Crippen LogP contribution in [0.2, 0.25) is 0 Å². The van der Waals surface area contributed by atoms with Crippen molar-refractivity contribution in [2.75, 3.05) is 6.54 Å². The molecule has 0 aliphatic carbocycles. The van der Waals surface area contributed by atoms with Crippen LogP contribution in [-0.4, -0.2) is 6.54 Å². The molecule has 5 heteroatoms. The fourth-order valence-corrected chi connectivity index (χ4v) is 2.01. The molecule has 2 nitrogen and oxygen atoms in total. The van der Waals surface area contributed by atoms with E-state index < -0.39 is 5.82 Å². The molecule has 0 spiro atoms. The molecular weight excluding hydrogens is 316 g/mol. The largest absolute Gasteiger partial charge is 0.454 e. The highest BCUT2D eigenvalue weighted by atomic mass is 79.9. The number of rotatable bonds is 4. The Bertz CT molecular complexity index is 590. The van der Waals surface area contributed by atoms with E-state index in [1.54, 1.807) is 6.07 Å². The van der Waals surface area contributed by atoms with Crippen LogP contribution in [0.3, 0.4) is 0 Å². The molecule has 0 unspecified atom stereocenters. The second kappa shape index (κ2) is 6.12. The number of hydrogen-bond donors (Lipinski definition) is 1. The van der Waals surface area contributed by atoms with Crippen molar-refractivity contribution in [1.29, 1.82) is 0 Å². The summed E-state index contributed by atoms with van der Waals surface area (Å²) in [5.74, 6) is -0.356. The molecule has 0 amide bonds. The Morgan fingerprint density at radius 1 is 1.05 bits per heavy atom. The van der Waals surface area contributed by atoms with Crippen LogP contribution in [0, 0.1) is 11.6 Å². The highest BCUT2D eigenvalue weighted by Crippen LogP contribution is 2.29. The van der Waals surface area contributed by atoms with Gasteiger partial charge in [0.15, 0.2) is 11.6 Å². The van der Waals surface area contributed by atoms with E-state index >= 15 is 0 Å². The minimum Gasteiger partial charge on any atom is -0.454 e. The minimum absolute atomic E-state index is 0.0908. The lowest BCUT2D eigenvalue weighted by Crippen LogP contribution is -2.04. The third-order valence-electron chi connectivity index (χ3n) is 2.55. The molecule has 19 heavy (non-hydrogen) atoms. The molecule has 2 aromatic rings. The summed E-state index contributed by atoms with van der Waals surface area (Å²) in [5.41, 5.74) is 6.08. The molecule has 0 atom stereocenters. The van der Waals surface area contributed by atoms with Crippen molar-refractivity contribution >= 4 is 15.9 Å². The average Bonchev–Trinajstić information content (AvgIpc) is 2.36. The van der Waals surface area contributed by atoms with E-state index in [0.717, 1.165) is 0 Å². The number of nitrogens with two attached hydrogens (primary N) is 1. The van der Waals surface area contributed by atoms with Gasteiger partial charge in [-0.05, 0) is 54.9 Å². The van der Waals surface area contributed by atoms with E-state index in [-0.39, 0.29) is 11.6 Å². The van der Waals surface area contributed by atoms with Gasteiger partial charge in [0.25, 0.3) is 0 Å². The first kappa shape index (κ1) is 14.0. The average molecular weight is 328 g/mol. The highest BCUT2D eigenvalue weighted by Gasteiger charge is 2.09. The molecule has 0 aliphatic heterocycles. The zero-order valence-corrected chi connectivity index (χ0v) is 11.6. The van der Waals surface area contributed by atoms with Crippen LogP contribution in [0.1, 0.15) is 5.56 Å². The van der Waals surface area contributed by atoms with Crippen molar-refractivity contribution < 1.29 is 13.5 Å². The van der Waals surface area contributed by atoms with Gasteiger partial charge >= 0.3 is 0 Å². The summed E-state index contributed by atoms with van der Waals surface area (Å²) >= 11 is 3.17. The highest BCUT2D eigenvalue weighted by molar-refractivity contribution is 9.10. The van der Waals surface area contributed by atoms with E-state index in [1.807, 2.05) is 0 Å². The van der Waals surface area contributed by atoms with Gasteiger partial charge in [-0.15, -0.1) is 0 Å². The molecule has 0 aromatic heterocycles. The third-order valence-corrected chi connectivity index (χ3v) is 3.04. The Morgan fingerprint density at radius 3 is 2.47 bits per heavy atom. The summed E-state index contributed by atoms with van der Waals surface area (Å²) in [4.78, 5) is 0. The van der Waals surface area contributed by atoms with Gasteiger partial charge in [0, 0.05) is 4.47 Å². The van der Waals surface area contributed by atoms with Crippen molar-refractivity contribution in [1.82, 2.24) is 0 Å². The molecule has 0 heterocycles. The fourth-order valence-electron chi connectivity index (χ4n) is 1.67. The molecule has 0 saturated heterocycles. The fraction of sp³-hybridized carbons (Fsp3) is 0.143. The first-order chi connectivity index (χ1) is 9.10. The van der Waals surface area contributed by atoms with Crippen LogP contribution in [0.4, 0.5) is 8.78 Å². The Kier molecular flexibility index (Phi) is 4.50. The standard InChI is InChI=1S/C14H12BrF2NO/c15-10-1-3-14(12(17)8-10)19-13-4-2-11(16)7-9(13)5-6-18/h1-4,7-8H,5-6,18H2. The topological polar surface area (TPSA) is 35.2 Å². The van der Waals surface area contributed by atoms with Crippen LogP contribution < -0.4 is 10.5 Å². The van der Waals surface area contributed by atoms with E-state index in [2.05, 4.69) is 15.9 Å². The Labute approximate surface area is 118 Å². The zero-order chi connectivity index (χ0) is 13.8. The molecule has 0 saturated carbocycles. The van der Waals surface area contributed by atoms with Gasteiger partial charge < -0.3 is 10.5 Å². The molecule has 0 fully saturated rings. The maximum Gasteiger partial charge on any atom is 0.166 e. The SMILES string of the molecule is NCCc1cc(F)ccc1Oc1ccc(Br)cc1F. The third kappa shape index (κ3) is 3.52. The summed E-state index contributed by atoms with van der Waals surface area (Å²) in [6.07, 6.45) is 0.464. The van der Waals surface area contributed by atoms with Crippen LogP contribution in [0.15, 0.2) is 40.9 Å². The van der Waals surface area contributed by atoms with Crippen molar-refractivity contribution in [3.05, 3.63) is 58.1 Å². The van der Waals surface area contributed by atoms with Gasteiger partial charge in [0.2, 0.25) is 0 Å². The number of ether oxygens (including phenoxy) is 1. The van der Waals surface area contributed by atoms with Crippen LogP contribution in [0.5, 0.6) is 11.5 Å². The maximum absolute atomic E-state index is 13.7. The first-order valence-electron chi connectivity index (χ1n) is 5.71. The van der Waals surface area contributed by atoms with Gasteiger partial charge in [0.1, 0.15) is 11.6 Å². The second-order valence-corrected chi connectivity index (χ2v) is 4.88. The van der Waals surface area contributed by atoms with Crippen molar-refractivity contribution in [3.8, 4) is 11.5 Å². The van der Waals surface area contributed by atoms with Crippen LogP contribution in [-0.2, 0) is 6.42 Å². The lowest BCUT2D eigenvalue weighted by Gasteiger charge is -2.11. The quantitative estimate of drug-likeness (QED) is 0.920. The predicted molar refractivity (Wildman–Crippen MR) is 73.3 cm³/mol. The summed E-state index contributed by atoms with van der Waals surface area (Å²) in [6.45, 7) is 0.364. The van der Waals surface area contributed by atoms with Gasteiger partial charge in [-0.2, -0.15) is 0 Å². The van der Waals surface area contributed by atoms with Crippen molar-refractivity contribution in [2.45, 2.75) is 6.42 Å². The van der Waals surface area contributed by atoms with E-state index in [9.17, 15) is 8.78 Å². The minimum atomic E-state index is -0.489. The Morgan fingerprint density at radius 2 is 1.79 bits per heavy atom. The lowest BCUT2D eigenvalue weighted by atomic mass is 10.1. The van der Waals surface area contributed by atoms with Gasteiger partial charge in [-0.1, -0.05) is 15.9 Å². The normalized spacial score (nSPS) is 10.5. The van der Waals surface area contributed by atoms with Gasteiger partial charge in [0.05, 0.1) is 0 Å². The van der Waals surface area contributed by atoms with E-state index in [1.165, 1.54) is 30.3 Å². The molecule has 0 radical (unpaired) electrons. The molecule has 2 N–H and O–H groups in total. The lowest BCUT2D eigenvalue weighted by molar-refractivity contribution is 0.436. The number of hydrogen-bond acceptors (Lipinski definition) is 2. The molecule has 100 valence electrons.